The summed E-state index contributed by atoms with van der Waals surface area (Å²) in [4.78, 5) is 7.06. The van der Waals surface area contributed by atoms with E-state index in [1.165, 1.54) is 0 Å². The molecule has 0 atom stereocenters. The van der Waals surface area contributed by atoms with Gasteiger partial charge in [0.1, 0.15) is 23.2 Å². The van der Waals surface area contributed by atoms with Crippen LogP contribution < -0.4 is 4.74 Å². The molecule has 4 heteroatoms. The van der Waals surface area contributed by atoms with Gasteiger partial charge in [-0.15, -0.1) is 0 Å². The van der Waals surface area contributed by atoms with Gasteiger partial charge in [0.15, 0.2) is 0 Å². The molecular weight excluding hydrogens is 178 g/mol. The summed E-state index contributed by atoms with van der Waals surface area (Å²) in [5.74, 6) is 0.737. The van der Waals surface area contributed by atoms with Crippen LogP contribution in [0.4, 0.5) is 0 Å². The maximum absolute atomic E-state index is 8.72. The minimum absolute atomic E-state index is 0.517. The van der Waals surface area contributed by atoms with Gasteiger partial charge >= 0.3 is 0 Å². The number of nitrogens with zero attached hydrogens (tertiary/aromatic N) is 2. The topological polar surface area (TPSA) is 61.7 Å². The standard InChI is InChI=1S/C10H9N3O/c1-6-8-3-7(4-11)13-10(8)12-5-9(6)14-2/h3,5H,1-2H3,(H,12,13). The van der Waals surface area contributed by atoms with Crippen molar-refractivity contribution in [3.8, 4) is 11.8 Å². The van der Waals surface area contributed by atoms with Crippen LogP contribution in [0.15, 0.2) is 12.3 Å². The second kappa shape index (κ2) is 3.04. The lowest BCUT2D eigenvalue weighted by Gasteiger charge is -2.03. The van der Waals surface area contributed by atoms with Gasteiger partial charge in [0.2, 0.25) is 0 Å². The van der Waals surface area contributed by atoms with E-state index < -0.39 is 0 Å². The number of hydrogen-bond acceptors (Lipinski definition) is 3. The average molecular weight is 187 g/mol. The number of nitriles is 1. The molecule has 0 amide bonds. The summed E-state index contributed by atoms with van der Waals surface area (Å²) in [6.07, 6.45) is 1.65. The lowest BCUT2D eigenvalue weighted by atomic mass is 10.2. The van der Waals surface area contributed by atoms with Crippen molar-refractivity contribution in [3.63, 3.8) is 0 Å². The van der Waals surface area contributed by atoms with Crippen LogP contribution in [0.3, 0.4) is 0 Å². The number of fused-ring (bicyclic) bond motifs is 1. The Hall–Kier alpha value is -2.02. The highest BCUT2D eigenvalue weighted by molar-refractivity contribution is 5.83. The van der Waals surface area contributed by atoms with Crippen molar-refractivity contribution in [3.05, 3.63) is 23.5 Å². The number of hydrogen-bond donors (Lipinski definition) is 1. The molecule has 1 N–H and O–H groups in total. The second-order valence-electron chi connectivity index (χ2n) is 3.01. The molecule has 0 unspecified atom stereocenters. The van der Waals surface area contributed by atoms with E-state index in [0.29, 0.717) is 5.69 Å². The average Bonchev–Trinajstić information content (AvgIpc) is 2.62. The number of aromatic nitrogens is 2. The first-order chi connectivity index (χ1) is 6.76. The molecule has 0 saturated carbocycles. The van der Waals surface area contributed by atoms with E-state index in [2.05, 4.69) is 9.97 Å². The minimum atomic E-state index is 0.517. The third-order valence-corrected chi connectivity index (χ3v) is 2.22. The van der Waals surface area contributed by atoms with E-state index in [0.717, 1.165) is 22.3 Å². The van der Waals surface area contributed by atoms with Gasteiger partial charge in [-0.25, -0.2) is 4.98 Å². The van der Waals surface area contributed by atoms with Crippen molar-refractivity contribution in [1.82, 2.24) is 9.97 Å². The molecule has 14 heavy (non-hydrogen) atoms. The zero-order chi connectivity index (χ0) is 10.1. The molecule has 0 bridgehead atoms. The third kappa shape index (κ3) is 1.11. The Labute approximate surface area is 81.1 Å². The highest BCUT2D eigenvalue weighted by Crippen LogP contribution is 2.25. The smallest absolute Gasteiger partial charge is 0.140 e. The first kappa shape index (κ1) is 8.57. The fourth-order valence-corrected chi connectivity index (χ4v) is 1.45. The Kier molecular flexibility index (Phi) is 1.86. The lowest BCUT2D eigenvalue weighted by Crippen LogP contribution is -1.89. The van der Waals surface area contributed by atoms with Crippen molar-refractivity contribution >= 4 is 11.0 Å². The summed E-state index contributed by atoms with van der Waals surface area (Å²) in [5, 5.41) is 9.65. The molecule has 2 rings (SSSR count). The van der Waals surface area contributed by atoms with Crippen LogP contribution in [0.1, 0.15) is 11.3 Å². The number of aromatic amines is 1. The first-order valence-electron chi connectivity index (χ1n) is 4.18. The van der Waals surface area contributed by atoms with Crippen LogP contribution in [0.25, 0.3) is 11.0 Å². The van der Waals surface area contributed by atoms with Gasteiger partial charge in [-0.3, -0.25) is 0 Å². The van der Waals surface area contributed by atoms with E-state index in [1.54, 1.807) is 19.4 Å². The molecule has 70 valence electrons. The van der Waals surface area contributed by atoms with E-state index in [1.807, 2.05) is 13.0 Å². The highest BCUT2D eigenvalue weighted by Gasteiger charge is 2.07. The van der Waals surface area contributed by atoms with Crippen LogP contribution in [0.2, 0.25) is 0 Å². The predicted molar refractivity (Wildman–Crippen MR) is 52.1 cm³/mol. The Morgan fingerprint density at radius 1 is 1.57 bits per heavy atom. The number of pyridine rings is 1. The van der Waals surface area contributed by atoms with Crippen LogP contribution in [0, 0.1) is 18.3 Å². The molecule has 0 saturated heterocycles. The molecule has 2 aromatic rings. The molecule has 0 aliphatic rings. The van der Waals surface area contributed by atoms with Crippen molar-refractivity contribution in [1.29, 1.82) is 5.26 Å². The zero-order valence-electron chi connectivity index (χ0n) is 7.96. The van der Waals surface area contributed by atoms with E-state index in [9.17, 15) is 0 Å². The van der Waals surface area contributed by atoms with Crippen LogP contribution in [-0.4, -0.2) is 17.1 Å². The van der Waals surface area contributed by atoms with Crippen LogP contribution >= 0.6 is 0 Å². The maximum Gasteiger partial charge on any atom is 0.140 e. The van der Waals surface area contributed by atoms with E-state index in [4.69, 9.17) is 10.00 Å². The second-order valence-corrected chi connectivity index (χ2v) is 3.01. The highest BCUT2D eigenvalue weighted by atomic mass is 16.5. The van der Waals surface area contributed by atoms with Gasteiger partial charge in [0, 0.05) is 10.9 Å². The Morgan fingerprint density at radius 3 is 3.00 bits per heavy atom. The van der Waals surface area contributed by atoms with E-state index >= 15 is 0 Å². The summed E-state index contributed by atoms with van der Waals surface area (Å²) < 4.78 is 5.14. The van der Waals surface area contributed by atoms with Crippen molar-refractivity contribution in [2.45, 2.75) is 6.92 Å². The molecule has 0 aliphatic heterocycles. The van der Waals surface area contributed by atoms with Crippen molar-refractivity contribution in [2.75, 3.05) is 7.11 Å². The van der Waals surface area contributed by atoms with Crippen molar-refractivity contribution < 1.29 is 4.74 Å². The Bertz CT molecular complexity index is 522. The van der Waals surface area contributed by atoms with Gasteiger partial charge in [0.25, 0.3) is 0 Å². The normalized spacial score (nSPS) is 10.1. The van der Waals surface area contributed by atoms with Gasteiger partial charge < -0.3 is 9.72 Å². The number of H-pyrrole nitrogens is 1. The summed E-state index contributed by atoms with van der Waals surface area (Å²) in [5.41, 5.74) is 2.24. The molecule has 0 spiro atoms. The quantitative estimate of drug-likeness (QED) is 0.739. The molecule has 0 radical (unpaired) electrons. The summed E-state index contributed by atoms with van der Waals surface area (Å²) in [6, 6.07) is 3.82. The minimum Gasteiger partial charge on any atom is -0.495 e. The maximum atomic E-state index is 8.72. The van der Waals surface area contributed by atoms with Crippen molar-refractivity contribution in [2.24, 2.45) is 0 Å². The molecular formula is C10H9N3O. The Balaban J connectivity index is 2.76. The summed E-state index contributed by atoms with van der Waals surface area (Å²) in [6.45, 7) is 1.94. The number of aryl methyl sites for hydroxylation is 1. The fourth-order valence-electron chi connectivity index (χ4n) is 1.45. The number of nitrogens with one attached hydrogen (secondary N) is 1. The SMILES string of the molecule is COc1cnc2[nH]c(C#N)cc2c1C. The molecule has 0 fully saturated rings. The van der Waals surface area contributed by atoms with Crippen LogP contribution in [-0.2, 0) is 0 Å². The molecule has 4 nitrogen and oxygen atoms in total. The summed E-state index contributed by atoms with van der Waals surface area (Å²) in [7, 11) is 1.60. The van der Waals surface area contributed by atoms with E-state index in [-0.39, 0.29) is 0 Å². The number of rotatable bonds is 1. The monoisotopic (exact) mass is 187 g/mol. The van der Waals surface area contributed by atoms with Gasteiger partial charge in [0.05, 0.1) is 13.3 Å². The van der Waals surface area contributed by atoms with Gasteiger partial charge in [-0.1, -0.05) is 0 Å². The molecule has 0 aromatic carbocycles. The number of ether oxygens (including phenoxy) is 1. The number of methoxy groups -OCH3 is 1. The lowest BCUT2D eigenvalue weighted by molar-refractivity contribution is 0.411. The fraction of sp³-hybridized carbons (Fsp3) is 0.200. The summed E-state index contributed by atoms with van der Waals surface area (Å²) >= 11 is 0. The molecule has 2 heterocycles. The zero-order valence-corrected chi connectivity index (χ0v) is 7.96. The molecule has 2 aromatic heterocycles. The predicted octanol–water partition coefficient (Wildman–Crippen LogP) is 1.75. The van der Waals surface area contributed by atoms with Gasteiger partial charge in [-0.2, -0.15) is 5.26 Å². The van der Waals surface area contributed by atoms with Gasteiger partial charge in [-0.05, 0) is 13.0 Å². The Morgan fingerprint density at radius 2 is 2.36 bits per heavy atom. The molecule has 0 aliphatic carbocycles. The largest absolute Gasteiger partial charge is 0.495 e. The first-order valence-corrected chi connectivity index (χ1v) is 4.18. The third-order valence-electron chi connectivity index (χ3n) is 2.22. The van der Waals surface area contributed by atoms with Crippen LogP contribution in [0.5, 0.6) is 5.75 Å².